The van der Waals surface area contributed by atoms with Crippen LogP contribution in [0, 0.1) is 0 Å². The predicted molar refractivity (Wildman–Crippen MR) is 88.1 cm³/mol. The highest BCUT2D eigenvalue weighted by Crippen LogP contribution is 2.24. The number of esters is 1. The van der Waals surface area contributed by atoms with Gasteiger partial charge in [-0.05, 0) is 45.6 Å². The van der Waals surface area contributed by atoms with Crippen molar-refractivity contribution in [2.75, 3.05) is 12.3 Å². The Hall–Kier alpha value is -1.33. The minimum absolute atomic E-state index is 0.337. The molecule has 0 aliphatic heterocycles. The zero-order valence-electron chi connectivity index (χ0n) is 13.2. The summed E-state index contributed by atoms with van der Waals surface area (Å²) >= 11 is 1.69. The predicted octanol–water partition coefficient (Wildman–Crippen LogP) is 3.27. The Balaban J connectivity index is 3.08. The third-order valence-electron chi connectivity index (χ3n) is 2.47. The van der Waals surface area contributed by atoms with Crippen LogP contribution in [0.25, 0.3) is 5.57 Å². The Kier molecular flexibility index (Phi) is 6.92. The van der Waals surface area contributed by atoms with Crippen LogP contribution >= 0.6 is 11.8 Å². The molecule has 0 aromatic carbocycles. The van der Waals surface area contributed by atoms with Crippen molar-refractivity contribution in [3.05, 3.63) is 30.1 Å². The third-order valence-corrected chi connectivity index (χ3v) is 3.31. The van der Waals surface area contributed by atoms with Gasteiger partial charge in [0.25, 0.3) is 0 Å². The van der Waals surface area contributed by atoms with E-state index in [0.717, 1.165) is 16.2 Å². The summed E-state index contributed by atoms with van der Waals surface area (Å²) in [6.45, 7) is 8.13. The van der Waals surface area contributed by atoms with Gasteiger partial charge in [0.2, 0.25) is 0 Å². The molecule has 1 aromatic rings. The van der Waals surface area contributed by atoms with E-state index < -0.39 is 5.60 Å². The summed E-state index contributed by atoms with van der Waals surface area (Å²) in [5.74, 6) is 0.621. The van der Waals surface area contributed by atoms with Crippen LogP contribution < -0.4 is 5.73 Å². The number of ether oxygens (including phenoxy) is 1. The standard InChI is InChI=1S/C16H24N2O2S/c1-5-21-13-9-12(10-18-11-13)14(7-6-8-17)15(19)20-16(2,3)4/h7,9-11H,5-6,8,17H2,1-4H3. The molecular formula is C16H24N2O2S. The van der Waals surface area contributed by atoms with Gasteiger partial charge in [0.15, 0.2) is 0 Å². The lowest BCUT2D eigenvalue weighted by atomic mass is 10.1. The molecule has 0 saturated heterocycles. The number of nitrogens with two attached hydrogens (primary N) is 1. The van der Waals surface area contributed by atoms with Crippen LogP contribution in [-0.4, -0.2) is 28.9 Å². The van der Waals surface area contributed by atoms with Gasteiger partial charge in [0.1, 0.15) is 5.60 Å². The first kappa shape index (κ1) is 17.7. The van der Waals surface area contributed by atoms with E-state index in [1.54, 1.807) is 24.2 Å². The molecule has 0 atom stereocenters. The van der Waals surface area contributed by atoms with Crippen LogP contribution in [-0.2, 0) is 9.53 Å². The average molecular weight is 308 g/mol. The summed E-state index contributed by atoms with van der Waals surface area (Å²) in [5, 5.41) is 0. The number of carbonyl (C=O) groups excluding carboxylic acids is 1. The van der Waals surface area contributed by atoms with E-state index in [1.807, 2.05) is 32.9 Å². The first-order valence-electron chi connectivity index (χ1n) is 7.09. The molecule has 1 heterocycles. The minimum Gasteiger partial charge on any atom is -0.456 e. The van der Waals surface area contributed by atoms with Crippen molar-refractivity contribution in [1.82, 2.24) is 4.98 Å². The Bertz CT molecular complexity index is 507. The van der Waals surface area contributed by atoms with Crippen molar-refractivity contribution in [3.8, 4) is 0 Å². The molecule has 116 valence electrons. The minimum atomic E-state index is -0.526. The summed E-state index contributed by atoms with van der Waals surface area (Å²) in [7, 11) is 0. The summed E-state index contributed by atoms with van der Waals surface area (Å²) in [5.41, 5.74) is 6.32. The fraction of sp³-hybridized carbons (Fsp3) is 0.500. The van der Waals surface area contributed by atoms with Gasteiger partial charge in [-0.25, -0.2) is 4.79 Å². The monoisotopic (exact) mass is 308 g/mol. The molecule has 0 aliphatic carbocycles. The van der Waals surface area contributed by atoms with E-state index in [0.29, 0.717) is 18.5 Å². The smallest absolute Gasteiger partial charge is 0.338 e. The summed E-state index contributed by atoms with van der Waals surface area (Å²) in [6.07, 6.45) is 5.94. The second-order valence-corrected chi connectivity index (χ2v) is 6.88. The van der Waals surface area contributed by atoms with E-state index in [-0.39, 0.29) is 5.97 Å². The van der Waals surface area contributed by atoms with E-state index in [4.69, 9.17) is 10.5 Å². The molecule has 4 nitrogen and oxygen atoms in total. The first-order valence-corrected chi connectivity index (χ1v) is 8.07. The molecule has 0 aliphatic rings. The molecule has 21 heavy (non-hydrogen) atoms. The first-order chi connectivity index (χ1) is 9.87. The molecule has 0 fully saturated rings. The van der Waals surface area contributed by atoms with Crippen molar-refractivity contribution in [1.29, 1.82) is 0 Å². The molecule has 5 heteroatoms. The Labute approximate surface area is 131 Å². The SMILES string of the molecule is CCSc1cncc(C(=CCCN)C(=O)OC(C)(C)C)c1. The van der Waals surface area contributed by atoms with Gasteiger partial charge in [-0.1, -0.05) is 13.0 Å². The second-order valence-electron chi connectivity index (χ2n) is 5.54. The van der Waals surface area contributed by atoms with E-state index >= 15 is 0 Å². The number of carbonyl (C=O) groups is 1. The van der Waals surface area contributed by atoms with Gasteiger partial charge in [-0.15, -0.1) is 11.8 Å². The van der Waals surface area contributed by atoms with Crippen molar-refractivity contribution in [3.63, 3.8) is 0 Å². The van der Waals surface area contributed by atoms with Gasteiger partial charge in [-0.3, -0.25) is 4.98 Å². The molecular weight excluding hydrogens is 284 g/mol. The highest BCUT2D eigenvalue weighted by molar-refractivity contribution is 7.99. The average Bonchev–Trinajstić information content (AvgIpc) is 2.38. The topological polar surface area (TPSA) is 65.2 Å². The number of nitrogens with zero attached hydrogens (tertiary/aromatic N) is 1. The van der Waals surface area contributed by atoms with Gasteiger partial charge in [0, 0.05) is 22.9 Å². The van der Waals surface area contributed by atoms with Crippen molar-refractivity contribution >= 4 is 23.3 Å². The van der Waals surface area contributed by atoms with Crippen LogP contribution in [0.5, 0.6) is 0 Å². The normalized spacial score (nSPS) is 12.3. The lowest BCUT2D eigenvalue weighted by Crippen LogP contribution is -2.24. The number of thioether (sulfide) groups is 1. The Morgan fingerprint density at radius 3 is 2.71 bits per heavy atom. The fourth-order valence-corrected chi connectivity index (χ4v) is 2.37. The molecule has 2 N–H and O–H groups in total. The lowest BCUT2D eigenvalue weighted by Gasteiger charge is -2.20. The van der Waals surface area contributed by atoms with Gasteiger partial charge in [0.05, 0.1) is 5.57 Å². The molecule has 1 aromatic heterocycles. The lowest BCUT2D eigenvalue weighted by molar-refractivity contribution is -0.147. The summed E-state index contributed by atoms with van der Waals surface area (Å²) in [4.78, 5) is 17.6. The molecule has 0 radical (unpaired) electrons. The largest absolute Gasteiger partial charge is 0.456 e. The van der Waals surface area contributed by atoms with Crippen molar-refractivity contribution < 1.29 is 9.53 Å². The third kappa shape index (κ3) is 6.31. The number of hydrogen-bond donors (Lipinski definition) is 1. The maximum absolute atomic E-state index is 12.4. The van der Waals surface area contributed by atoms with Crippen LogP contribution in [0.3, 0.4) is 0 Å². The number of hydrogen-bond acceptors (Lipinski definition) is 5. The quantitative estimate of drug-likeness (QED) is 0.496. The van der Waals surface area contributed by atoms with Crippen molar-refractivity contribution in [2.24, 2.45) is 5.73 Å². The molecule has 0 bridgehead atoms. The van der Waals surface area contributed by atoms with E-state index in [1.165, 1.54) is 0 Å². The zero-order chi connectivity index (χ0) is 15.9. The van der Waals surface area contributed by atoms with Crippen LogP contribution in [0.2, 0.25) is 0 Å². The zero-order valence-corrected chi connectivity index (χ0v) is 14.0. The molecule has 0 unspecified atom stereocenters. The summed E-state index contributed by atoms with van der Waals surface area (Å²) in [6, 6.07) is 1.97. The highest BCUT2D eigenvalue weighted by atomic mass is 32.2. The summed E-state index contributed by atoms with van der Waals surface area (Å²) < 4.78 is 5.47. The van der Waals surface area contributed by atoms with Crippen LogP contribution in [0.4, 0.5) is 0 Å². The Morgan fingerprint density at radius 2 is 2.14 bits per heavy atom. The number of pyridine rings is 1. The molecule has 1 rings (SSSR count). The van der Waals surface area contributed by atoms with E-state index in [9.17, 15) is 4.79 Å². The van der Waals surface area contributed by atoms with E-state index in [2.05, 4.69) is 11.9 Å². The fourth-order valence-electron chi connectivity index (χ4n) is 1.69. The number of aromatic nitrogens is 1. The van der Waals surface area contributed by atoms with Crippen LogP contribution in [0.1, 0.15) is 39.7 Å². The molecule has 0 saturated carbocycles. The number of rotatable bonds is 6. The van der Waals surface area contributed by atoms with Crippen molar-refractivity contribution in [2.45, 2.75) is 44.6 Å². The van der Waals surface area contributed by atoms with Crippen LogP contribution in [0.15, 0.2) is 29.4 Å². The maximum Gasteiger partial charge on any atom is 0.338 e. The van der Waals surface area contributed by atoms with Gasteiger partial charge >= 0.3 is 5.97 Å². The van der Waals surface area contributed by atoms with Gasteiger partial charge < -0.3 is 10.5 Å². The highest BCUT2D eigenvalue weighted by Gasteiger charge is 2.21. The second kappa shape index (κ2) is 8.20. The molecule has 0 amide bonds. The maximum atomic E-state index is 12.4. The molecule has 0 spiro atoms. The van der Waals surface area contributed by atoms with Gasteiger partial charge in [-0.2, -0.15) is 0 Å². The Morgan fingerprint density at radius 1 is 1.43 bits per heavy atom.